The monoisotopic (exact) mass is 481 g/mol. The Bertz CT molecular complexity index is 1050. The molecule has 2 aliphatic rings. The number of amides is 1. The minimum absolute atomic E-state index is 0.00562. The highest BCUT2D eigenvalue weighted by Crippen LogP contribution is 2.31. The van der Waals surface area contributed by atoms with Gasteiger partial charge in [-0.2, -0.15) is 0 Å². The van der Waals surface area contributed by atoms with Crippen LogP contribution in [0.2, 0.25) is 10.0 Å². The van der Waals surface area contributed by atoms with Crippen molar-refractivity contribution in [1.82, 2.24) is 14.9 Å². The number of likely N-dealkylation sites (tertiary alicyclic amines) is 1. The predicted octanol–water partition coefficient (Wildman–Crippen LogP) is 4.00. The summed E-state index contributed by atoms with van der Waals surface area (Å²) in [6, 6.07) is 12.6. The second-order valence-corrected chi connectivity index (χ2v) is 10.5. The van der Waals surface area contributed by atoms with E-state index in [1.807, 2.05) is 18.2 Å². The van der Waals surface area contributed by atoms with Gasteiger partial charge in [-0.3, -0.25) is 9.69 Å². The first-order valence-electron chi connectivity index (χ1n) is 10.4. The van der Waals surface area contributed by atoms with Gasteiger partial charge in [-0.05, 0) is 56.5 Å². The van der Waals surface area contributed by atoms with Gasteiger partial charge in [-0.25, -0.2) is 13.1 Å². The van der Waals surface area contributed by atoms with Crippen LogP contribution in [0.1, 0.15) is 47.6 Å². The highest BCUT2D eigenvalue weighted by atomic mass is 35.5. The van der Waals surface area contributed by atoms with E-state index in [2.05, 4.69) is 27.1 Å². The molecule has 31 heavy (non-hydrogen) atoms. The van der Waals surface area contributed by atoms with Gasteiger partial charge in [0.05, 0.1) is 21.7 Å². The summed E-state index contributed by atoms with van der Waals surface area (Å²) < 4.78 is 27.9. The lowest BCUT2D eigenvalue weighted by Gasteiger charge is -2.28. The van der Waals surface area contributed by atoms with Crippen LogP contribution in [0.4, 0.5) is 0 Å². The van der Waals surface area contributed by atoms with E-state index in [4.69, 9.17) is 23.2 Å². The topological polar surface area (TPSA) is 78.5 Å². The molecule has 1 aliphatic heterocycles. The zero-order chi connectivity index (χ0) is 22.0. The van der Waals surface area contributed by atoms with Crippen molar-refractivity contribution < 1.29 is 13.2 Å². The van der Waals surface area contributed by atoms with Crippen molar-refractivity contribution in [2.45, 2.75) is 42.7 Å². The highest BCUT2D eigenvalue weighted by molar-refractivity contribution is 7.89. The molecule has 1 atom stereocenters. The molecule has 0 bridgehead atoms. The van der Waals surface area contributed by atoms with E-state index >= 15 is 0 Å². The van der Waals surface area contributed by atoms with Gasteiger partial charge in [0.1, 0.15) is 4.90 Å². The number of nitrogens with one attached hydrogen (secondary N) is 2. The molecule has 1 saturated carbocycles. The third kappa shape index (κ3) is 5.41. The maximum atomic E-state index is 13.0. The van der Waals surface area contributed by atoms with Crippen molar-refractivity contribution in [3.63, 3.8) is 0 Å². The average Bonchev–Trinajstić information content (AvgIpc) is 3.36. The lowest BCUT2D eigenvalue weighted by molar-refractivity contribution is 0.0938. The van der Waals surface area contributed by atoms with E-state index in [-0.39, 0.29) is 32.6 Å². The molecule has 6 nitrogen and oxygen atoms in total. The summed E-state index contributed by atoms with van der Waals surface area (Å²) >= 11 is 12.4. The number of rotatable bonds is 8. The number of nitrogens with zero attached hydrogens (tertiary/aromatic N) is 1. The Balaban J connectivity index is 1.54. The van der Waals surface area contributed by atoms with E-state index in [0.29, 0.717) is 6.54 Å². The first kappa shape index (κ1) is 22.6. The van der Waals surface area contributed by atoms with Gasteiger partial charge in [0, 0.05) is 12.6 Å². The molecule has 0 aromatic heterocycles. The predicted molar refractivity (Wildman–Crippen MR) is 122 cm³/mol. The molecule has 2 aromatic carbocycles. The average molecular weight is 482 g/mol. The molecule has 1 saturated heterocycles. The molecule has 9 heteroatoms. The standard InChI is InChI=1S/C22H25Cl2N3O3S/c23-18-13-19(24)21(31(29,30)26-16-8-9-16)12-17(18)22(28)25-14-20(27-10-4-5-11-27)15-6-2-1-3-7-15/h1-3,6-7,12-13,16,20,26H,4-5,8-11,14H2,(H,25,28). The van der Waals surface area contributed by atoms with Crippen LogP contribution in [0, 0.1) is 0 Å². The van der Waals surface area contributed by atoms with Gasteiger partial charge in [0.15, 0.2) is 0 Å². The quantitative estimate of drug-likeness (QED) is 0.596. The minimum atomic E-state index is -3.82. The van der Waals surface area contributed by atoms with Crippen molar-refractivity contribution in [3.05, 3.63) is 63.6 Å². The number of carbonyl (C=O) groups is 1. The Hall–Kier alpha value is -1.64. The highest BCUT2D eigenvalue weighted by Gasteiger charge is 2.31. The van der Waals surface area contributed by atoms with Crippen LogP contribution < -0.4 is 10.0 Å². The summed E-state index contributed by atoms with van der Waals surface area (Å²) in [4.78, 5) is 15.2. The summed E-state index contributed by atoms with van der Waals surface area (Å²) in [7, 11) is -3.82. The third-order valence-electron chi connectivity index (χ3n) is 5.68. The van der Waals surface area contributed by atoms with E-state index in [9.17, 15) is 13.2 Å². The molecule has 4 rings (SSSR count). The van der Waals surface area contributed by atoms with Gasteiger partial charge in [-0.1, -0.05) is 53.5 Å². The van der Waals surface area contributed by atoms with Crippen molar-refractivity contribution in [2.75, 3.05) is 19.6 Å². The number of carbonyl (C=O) groups excluding carboxylic acids is 1. The lowest BCUT2D eigenvalue weighted by atomic mass is 10.1. The van der Waals surface area contributed by atoms with Gasteiger partial charge in [0.25, 0.3) is 5.91 Å². The van der Waals surface area contributed by atoms with Gasteiger partial charge in [0.2, 0.25) is 10.0 Å². The Morgan fingerprint density at radius 2 is 1.74 bits per heavy atom. The van der Waals surface area contributed by atoms with Crippen LogP contribution in [-0.4, -0.2) is 44.9 Å². The number of benzene rings is 2. The maximum Gasteiger partial charge on any atom is 0.252 e. The van der Waals surface area contributed by atoms with Crippen LogP contribution in [0.3, 0.4) is 0 Å². The molecule has 1 amide bonds. The molecule has 166 valence electrons. The van der Waals surface area contributed by atoms with Gasteiger partial charge >= 0.3 is 0 Å². The smallest absolute Gasteiger partial charge is 0.252 e. The summed E-state index contributed by atoms with van der Waals surface area (Å²) in [6.07, 6.45) is 3.87. The zero-order valence-electron chi connectivity index (χ0n) is 17.0. The number of hydrogen-bond donors (Lipinski definition) is 2. The van der Waals surface area contributed by atoms with Crippen LogP contribution in [0.15, 0.2) is 47.4 Å². The van der Waals surface area contributed by atoms with E-state index in [0.717, 1.165) is 44.3 Å². The second-order valence-electron chi connectivity index (χ2n) is 8.04. The third-order valence-corrected chi connectivity index (χ3v) is 7.97. The van der Waals surface area contributed by atoms with Crippen molar-refractivity contribution >= 4 is 39.1 Å². The van der Waals surface area contributed by atoms with Crippen LogP contribution in [0.5, 0.6) is 0 Å². The molecule has 1 heterocycles. The molecule has 2 aromatic rings. The molecule has 0 spiro atoms. The van der Waals surface area contributed by atoms with E-state index < -0.39 is 15.9 Å². The van der Waals surface area contributed by atoms with Crippen molar-refractivity contribution in [3.8, 4) is 0 Å². The minimum Gasteiger partial charge on any atom is -0.350 e. The normalized spacial score (nSPS) is 18.1. The summed E-state index contributed by atoms with van der Waals surface area (Å²) in [5.41, 5.74) is 1.22. The van der Waals surface area contributed by atoms with E-state index in [1.165, 1.54) is 12.1 Å². The maximum absolute atomic E-state index is 13.0. The Morgan fingerprint density at radius 1 is 1.06 bits per heavy atom. The summed E-state index contributed by atoms with van der Waals surface area (Å²) in [5.74, 6) is -0.426. The van der Waals surface area contributed by atoms with Crippen molar-refractivity contribution in [2.24, 2.45) is 0 Å². The van der Waals surface area contributed by atoms with Gasteiger partial charge < -0.3 is 5.32 Å². The Kier molecular flexibility index (Phi) is 6.89. The first-order chi connectivity index (χ1) is 14.8. The molecular weight excluding hydrogens is 457 g/mol. The largest absolute Gasteiger partial charge is 0.350 e. The molecular formula is C22H25Cl2N3O3S. The van der Waals surface area contributed by atoms with Gasteiger partial charge in [-0.15, -0.1) is 0 Å². The number of hydrogen-bond acceptors (Lipinski definition) is 4. The van der Waals surface area contributed by atoms with Crippen LogP contribution in [0.25, 0.3) is 0 Å². The molecule has 2 fully saturated rings. The Labute approximate surface area is 193 Å². The SMILES string of the molecule is O=C(NCC(c1ccccc1)N1CCCC1)c1cc(S(=O)(=O)NC2CC2)c(Cl)cc1Cl. The zero-order valence-corrected chi connectivity index (χ0v) is 19.3. The molecule has 1 unspecified atom stereocenters. The van der Waals surface area contributed by atoms with Crippen LogP contribution in [-0.2, 0) is 10.0 Å². The Morgan fingerprint density at radius 3 is 2.39 bits per heavy atom. The molecule has 2 N–H and O–H groups in total. The summed E-state index contributed by atoms with van der Waals surface area (Å²) in [6.45, 7) is 2.35. The number of sulfonamides is 1. The van der Waals surface area contributed by atoms with Crippen LogP contribution >= 0.6 is 23.2 Å². The first-order valence-corrected chi connectivity index (χ1v) is 12.7. The lowest BCUT2D eigenvalue weighted by Crippen LogP contribution is -2.37. The number of halogens is 2. The fourth-order valence-electron chi connectivity index (χ4n) is 3.86. The fourth-order valence-corrected chi connectivity index (χ4v) is 6.03. The second kappa shape index (κ2) is 9.46. The molecule has 0 radical (unpaired) electrons. The molecule has 1 aliphatic carbocycles. The van der Waals surface area contributed by atoms with Crippen molar-refractivity contribution in [1.29, 1.82) is 0 Å². The fraction of sp³-hybridized carbons (Fsp3) is 0.409. The van der Waals surface area contributed by atoms with E-state index in [1.54, 1.807) is 0 Å². The summed E-state index contributed by atoms with van der Waals surface area (Å²) in [5, 5.41) is 3.05.